The number of amides is 1. The smallest absolute Gasteiger partial charge is 0.241 e. The van der Waals surface area contributed by atoms with E-state index in [2.05, 4.69) is 10.0 Å². The van der Waals surface area contributed by atoms with Crippen LogP contribution in [0.3, 0.4) is 0 Å². The number of hydrogen-bond donors (Lipinski definition) is 2. The summed E-state index contributed by atoms with van der Waals surface area (Å²) in [5.41, 5.74) is -0.284. The van der Waals surface area contributed by atoms with E-state index in [0.29, 0.717) is 0 Å². The molecular weight excluding hydrogens is 290 g/mol. The Morgan fingerprint density at radius 3 is 2.48 bits per heavy atom. The molecule has 114 valence electrons. The fraction of sp³-hybridized carbons (Fsp3) is 0.429. The van der Waals surface area contributed by atoms with Gasteiger partial charge in [-0.15, -0.1) is 0 Å². The van der Waals surface area contributed by atoms with E-state index in [1.165, 1.54) is 12.1 Å². The molecule has 0 heterocycles. The summed E-state index contributed by atoms with van der Waals surface area (Å²) in [6.45, 7) is 5.51. The average molecular weight is 309 g/mol. The van der Waals surface area contributed by atoms with Crippen LogP contribution in [0.25, 0.3) is 0 Å². The Hall–Kier alpha value is -1.91. The molecule has 0 aliphatic carbocycles. The minimum atomic E-state index is -3.79. The van der Waals surface area contributed by atoms with Gasteiger partial charge in [0.2, 0.25) is 15.9 Å². The quantitative estimate of drug-likeness (QED) is 0.852. The molecule has 2 N–H and O–H groups in total. The van der Waals surface area contributed by atoms with Gasteiger partial charge in [0.25, 0.3) is 0 Å². The summed E-state index contributed by atoms with van der Waals surface area (Å²) in [6, 6.07) is 7.76. The van der Waals surface area contributed by atoms with Gasteiger partial charge in [-0.2, -0.15) is 5.26 Å². The first kappa shape index (κ1) is 17.1. The molecule has 0 saturated heterocycles. The second kappa shape index (κ2) is 6.70. The summed E-state index contributed by atoms with van der Waals surface area (Å²) in [7, 11) is -3.79. The predicted molar refractivity (Wildman–Crippen MR) is 78.9 cm³/mol. The molecule has 7 heteroatoms. The Kier molecular flexibility index (Phi) is 5.47. The Labute approximate surface area is 125 Å². The topological polar surface area (TPSA) is 99.1 Å². The molecule has 6 nitrogen and oxygen atoms in total. The van der Waals surface area contributed by atoms with Gasteiger partial charge < -0.3 is 5.32 Å². The largest absolute Gasteiger partial charge is 0.351 e. The average Bonchev–Trinajstić information content (AvgIpc) is 2.36. The number of benzene rings is 1. The third kappa shape index (κ3) is 5.53. The van der Waals surface area contributed by atoms with Crippen LogP contribution in [0, 0.1) is 11.3 Å². The van der Waals surface area contributed by atoms with Crippen LogP contribution >= 0.6 is 0 Å². The monoisotopic (exact) mass is 309 g/mol. The first-order valence-electron chi connectivity index (χ1n) is 6.45. The van der Waals surface area contributed by atoms with Crippen LogP contribution in [-0.2, 0) is 14.8 Å². The zero-order chi connectivity index (χ0) is 16.1. The van der Waals surface area contributed by atoms with E-state index in [4.69, 9.17) is 5.26 Å². The Balaban J connectivity index is 2.67. The van der Waals surface area contributed by atoms with Gasteiger partial charge in [0.1, 0.15) is 6.07 Å². The lowest BCUT2D eigenvalue weighted by atomic mass is 10.1. The zero-order valence-electron chi connectivity index (χ0n) is 12.3. The summed E-state index contributed by atoms with van der Waals surface area (Å²) in [6.07, 6.45) is 0.0330. The minimum Gasteiger partial charge on any atom is -0.351 e. The molecule has 0 aliphatic heterocycles. The van der Waals surface area contributed by atoms with Crippen molar-refractivity contribution in [2.24, 2.45) is 0 Å². The lowest BCUT2D eigenvalue weighted by Crippen LogP contribution is -2.42. The second-order valence-corrected chi connectivity index (χ2v) is 7.29. The molecule has 0 bridgehead atoms. The number of sulfonamides is 1. The molecule has 1 aromatic rings. The number of nitrogens with zero attached hydrogens (tertiary/aromatic N) is 1. The molecule has 0 fully saturated rings. The zero-order valence-corrected chi connectivity index (χ0v) is 13.1. The van der Waals surface area contributed by atoms with Crippen LogP contribution in [0.5, 0.6) is 0 Å². The van der Waals surface area contributed by atoms with E-state index >= 15 is 0 Å². The molecule has 0 radical (unpaired) electrons. The molecule has 1 rings (SSSR count). The van der Waals surface area contributed by atoms with Crippen molar-refractivity contribution in [1.82, 2.24) is 10.0 Å². The summed E-state index contributed by atoms with van der Waals surface area (Å²) in [5, 5.41) is 11.7. The molecule has 1 amide bonds. The van der Waals surface area contributed by atoms with Gasteiger partial charge in [0.15, 0.2) is 0 Å². The van der Waals surface area contributed by atoms with Crippen molar-refractivity contribution in [3.05, 3.63) is 29.8 Å². The SMILES string of the molecule is CC(C)(C)NC(=O)CCNS(=O)(=O)c1ccccc1C#N. The highest BCUT2D eigenvalue weighted by molar-refractivity contribution is 7.89. The highest BCUT2D eigenvalue weighted by Gasteiger charge is 2.19. The van der Waals surface area contributed by atoms with Crippen molar-refractivity contribution in [3.63, 3.8) is 0 Å². The normalized spacial score (nSPS) is 11.7. The number of nitriles is 1. The molecule has 0 unspecified atom stereocenters. The Bertz CT molecular complexity index is 655. The number of rotatable bonds is 5. The number of nitrogens with one attached hydrogen (secondary N) is 2. The van der Waals surface area contributed by atoms with E-state index in [-0.39, 0.29) is 34.9 Å². The third-order valence-corrected chi connectivity index (χ3v) is 3.97. The van der Waals surface area contributed by atoms with Gasteiger partial charge in [-0.05, 0) is 32.9 Å². The first-order valence-corrected chi connectivity index (χ1v) is 7.94. The summed E-state index contributed by atoms with van der Waals surface area (Å²) in [4.78, 5) is 11.5. The molecule has 0 aromatic heterocycles. The van der Waals surface area contributed by atoms with Crippen LogP contribution in [0.2, 0.25) is 0 Å². The molecular formula is C14H19N3O3S. The maximum Gasteiger partial charge on any atom is 0.241 e. The van der Waals surface area contributed by atoms with Crippen molar-refractivity contribution in [2.45, 2.75) is 37.6 Å². The molecule has 0 atom stereocenters. The van der Waals surface area contributed by atoms with E-state index in [9.17, 15) is 13.2 Å². The standard InChI is InChI=1S/C14H19N3O3S/c1-14(2,3)17-13(18)8-9-16-21(19,20)12-7-5-4-6-11(12)10-15/h4-7,16H,8-9H2,1-3H3,(H,17,18). The van der Waals surface area contributed by atoms with Crippen LogP contribution in [0.1, 0.15) is 32.8 Å². The fourth-order valence-corrected chi connectivity index (χ4v) is 2.84. The fourth-order valence-electron chi connectivity index (χ4n) is 1.65. The van der Waals surface area contributed by atoms with E-state index < -0.39 is 10.0 Å². The Morgan fingerprint density at radius 1 is 1.29 bits per heavy atom. The number of carbonyl (C=O) groups excluding carboxylic acids is 1. The van der Waals surface area contributed by atoms with Crippen molar-refractivity contribution in [1.29, 1.82) is 5.26 Å². The second-order valence-electron chi connectivity index (χ2n) is 5.55. The van der Waals surface area contributed by atoms with Crippen LogP contribution < -0.4 is 10.0 Å². The van der Waals surface area contributed by atoms with Crippen LogP contribution in [-0.4, -0.2) is 26.4 Å². The molecule has 0 saturated carbocycles. The Morgan fingerprint density at radius 2 is 1.90 bits per heavy atom. The lowest BCUT2D eigenvalue weighted by molar-refractivity contribution is -0.122. The first-order chi connectivity index (χ1) is 9.65. The van der Waals surface area contributed by atoms with Crippen molar-refractivity contribution in [3.8, 4) is 6.07 Å². The molecule has 1 aromatic carbocycles. The number of hydrogen-bond acceptors (Lipinski definition) is 4. The lowest BCUT2D eigenvalue weighted by Gasteiger charge is -2.20. The van der Waals surface area contributed by atoms with Crippen LogP contribution in [0.4, 0.5) is 0 Å². The highest BCUT2D eigenvalue weighted by atomic mass is 32.2. The van der Waals surface area contributed by atoms with Gasteiger partial charge in [-0.25, -0.2) is 13.1 Å². The van der Waals surface area contributed by atoms with Gasteiger partial charge in [0.05, 0.1) is 10.5 Å². The third-order valence-electron chi connectivity index (χ3n) is 2.46. The summed E-state index contributed by atoms with van der Waals surface area (Å²) in [5.74, 6) is -0.237. The van der Waals surface area contributed by atoms with Crippen molar-refractivity contribution in [2.75, 3.05) is 6.54 Å². The number of carbonyl (C=O) groups is 1. The predicted octanol–water partition coefficient (Wildman–Crippen LogP) is 1.14. The van der Waals surface area contributed by atoms with E-state index in [1.807, 2.05) is 26.8 Å². The van der Waals surface area contributed by atoms with Crippen molar-refractivity contribution < 1.29 is 13.2 Å². The van der Waals surface area contributed by atoms with Crippen molar-refractivity contribution >= 4 is 15.9 Å². The molecule has 0 aliphatic rings. The highest BCUT2D eigenvalue weighted by Crippen LogP contribution is 2.13. The molecule has 21 heavy (non-hydrogen) atoms. The van der Waals surface area contributed by atoms with Gasteiger partial charge in [0, 0.05) is 18.5 Å². The van der Waals surface area contributed by atoms with Gasteiger partial charge in [-0.3, -0.25) is 4.79 Å². The molecule has 0 spiro atoms. The minimum absolute atomic E-state index is 0.0238. The van der Waals surface area contributed by atoms with Gasteiger partial charge >= 0.3 is 0 Å². The van der Waals surface area contributed by atoms with E-state index in [1.54, 1.807) is 12.1 Å². The van der Waals surface area contributed by atoms with Gasteiger partial charge in [-0.1, -0.05) is 12.1 Å². The summed E-state index contributed by atoms with van der Waals surface area (Å²) < 4.78 is 26.5. The van der Waals surface area contributed by atoms with Crippen LogP contribution in [0.15, 0.2) is 29.2 Å². The summed E-state index contributed by atoms with van der Waals surface area (Å²) >= 11 is 0. The van der Waals surface area contributed by atoms with E-state index in [0.717, 1.165) is 0 Å². The maximum atomic E-state index is 12.1. The maximum absolute atomic E-state index is 12.1.